The Kier molecular flexibility index (Phi) is 16.5. The molecule has 0 radical (unpaired) electrons. The molecule has 0 unspecified atom stereocenters. The van der Waals surface area contributed by atoms with Gasteiger partial charge in [-0.15, -0.1) is 0 Å². The lowest BCUT2D eigenvalue weighted by molar-refractivity contribution is 0.00731. The van der Waals surface area contributed by atoms with Crippen molar-refractivity contribution >= 4 is 56.8 Å². The van der Waals surface area contributed by atoms with E-state index in [2.05, 4.69) is 117 Å². The second kappa shape index (κ2) is 24.5. The maximum absolute atomic E-state index is 13.6. The van der Waals surface area contributed by atoms with Crippen molar-refractivity contribution in [1.29, 1.82) is 0 Å². The van der Waals surface area contributed by atoms with E-state index in [1.807, 2.05) is 62.9 Å². The monoisotopic (exact) mass is 1120 g/mol. The maximum Gasteiger partial charge on any atom is 0.257 e. The van der Waals surface area contributed by atoms with Crippen LogP contribution in [0.3, 0.4) is 0 Å². The molecule has 2 aliphatic heterocycles. The predicted molar refractivity (Wildman–Crippen MR) is 322 cm³/mol. The van der Waals surface area contributed by atoms with E-state index in [1.54, 1.807) is 35.6 Å². The number of amides is 2. The van der Waals surface area contributed by atoms with Gasteiger partial charge in [0.25, 0.3) is 11.8 Å². The lowest BCUT2D eigenvalue weighted by Crippen LogP contribution is -2.51. The number of methoxy groups -OCH3 is 2. The molecule has 13 rings (SSSR count). The molecule has 10 heterocycles. The van der Waals surface area contributed by atoms with Gasteiger partial charge in [-0.05, 0) is 69.6 Å². The number of hydrogen-bond donors (Lipinski definition) is 3. The average molecular weight is 1130 g/mol. The van der Waals surface area contributed by atoms with Gasteiger partial charge in [0.05, 0.1) is 48.1 Å². The van der Waals surface area contributed by atoms with Crippen LogP contribution in [0.2, 0.25) is 0 Å². The Morgan fingerprint density at radius 2 is 1.10 bits per heavy atom. The van der Waals surface area contributed by atoms with Crippen LogP contribution in [0.25, 0.3) is 55.9 Å². The van der Waals surface area contributed by atoms with Crippen LogP contribution < -0.4 is 20.9 Å². The molecule has 22 nitrogen and oxygen atoms in total. The van der Waals surface area contributed by atoms with Crippen LogP contribution in [0.1, 0.15) is 52.0 Å². The van der Waals surface area contributed by atoms with E-state index in [0.29, 0.717) is 29.0 Å². The molecular weight excluding hydrogens is 1050 g/mol. The summed E-state index contributed by atoms with van der Waals surface area (Å²) in [4.78, 5) is 58.3. The SMILES string of the molecule is CNc1cc(-c2cn(CCN3CCN(C)CC3)c3ncccc23)nc2c(C(=O)N[C@H]3CC[C@@H]3OC)cnn12.CO[C@H]1CC[C@@H]1NC(=O)c1cnn2c(N(C)Cc3ccccc3)cc(-c3cn(CCN4CCN(C)CC4)c4ncccc34)nc12. The van der Waals surface area contributed by atoms with Gasteiger partial charge in [0.1, 0.15) is 34.1 Å². The van der Waals surface area contributed by atoms with Crippen LogP contribution >= 0.6 is 0 Å². The summed E-state index contributed by atoms with van der Waals surface area (Å²) < 4.78 is 18.9. The quantitative estimate of drug-likeness (QED) is 0.0975. The van der Waals surface area contributed by atoms with E-state index < -0.39 is 0 Å². The number of carbonyl (C=O) groups excluding carboxylic acids is 2. The van der Waals surface area contributed by atoms with Crippen LogP contribution in [-0.4, -0.2) is 212 Å². The number of nitrogens with zero attached hydrogens (tertiary/aromatic N) is 15. The first-order valence-corrected chi connectivity index (χ1v) is 29.1. The van der Waals surface area contributed by atoms with Gasteiger partial charge in [0, 0.05) is 172 Å². The Morgan fingerprint density at radius 1 is 0.602 bits per heavy atom. The summed E-state index contributed by atoms with van der Waals surface area (Å²) in [5, 5.41) is 20.7. The standard InChI is InChI=1S/C34H41N9O2.C27H35N9O2/c1-39-14-16-41(17-15-39)18-19-42-23-27(25-10-7-13-35-32(25)42)29-20-31(40(2)22-24-8-5-4-6-9-24)43-33(37-29)26(21-36-43)34(44)38-28-11-12-30(28)45-3;1-28-24-15-22(31-26-19(16-30-36(24)26)27(37)32-21-6-7-23(21)38-3)20-17-35(25-18(20)5-4-8-29-25)14-13-34-11-9-33(2)10-12-34/h4-10,13,20-21,23,28,30H,11-12,14-19,22H2,1-3H3,(H,38,44);4-5,8,15-17,21,23,28H,6-7,9-14H2,1-3H3,(H,32,37)/t28-,30-;21-,23-/m00/s1. The van der Waals surface area contributed by atoms with Gasteiger partial charge >= 0.3 is 0 Å². The Hall–Kier alpha value is -7.86. The van der Waals surface area contributed by atoms with Crippen molar-refractivity contribution in [2.75, 3.05) is 118 Å². The summed E-state index contributed by atoms with van der Waals surface area (Å²) in [6.07, 6.45) is 15.0. The molecule has 3 N–H and O–H groups in total. The number of aromatic nitrogens is 10. The fourth-order valence-electron chi connectivity index (χ4n) is 11.9. The van der Waals surface area contributed by atoms with E-state index >= 15 is 0 Å². The number of fused-ring (bicyclic) bond motifs is 4. The van der Waals surface area contributed by atoms with Crippen molar-refractivity contribution in [3.8, 4) is 22.5 Å². The van der Waals surface area contributed by atoms with Crippen LogP contribution in [0, 0.1) is 0 Å². The molecule has 1 aromatic carbocycles. The van der Waals surface area contributed by atoms with Crippen molar-refractivity contribution in [1.82, 2.24) is 78.5 Å². The third kappa shape index (κ3) is 11.6. The number of pyridine rings is 2. The number of piperazine rings is 2. The van der Waals surface area contributed by atoms with E-state index in [1.165, 1.54) is 5.56 Å². The van der Waals surface area contributed by atoms with Gasteiger partial charge in [-0.25, -0.2) is 19.9 Å². The van der Waals surface area contributed by atoms with Crippen LogP contribution in [0.4, 0.5) is 11.6 Å². The molecule has 22 heteroatoms. The zero-order valence-electron chi connectivity index (χ0n) is 48.5. The molecular formula is C61H76N18O4. The summed E-state index contributed by atoms with van der Waals surface area (Å²) >= 11 is 0. The van der Waals surface area contributed by atoms with Gasteiger partial charge in [-0.1, -0.05) is 30.3 Å². The van der Waals surface area contributed by atoms with Crippen LogP contribution in [0.5, 0.6) is 0 Å². The van der Waals surface area contributed by atoms with Crippen molar-refractivity contribution in [3.05, 3.63) is 121 Å². The second-order valence-corrected chi connectivity index (χ2v) is 22.6. The fraction of sp³-hybridized carbons (Fsp3) is 0.443. The highest BCUT2D eigenvalue weighted by Gasteiger charge is 2.35. The van der Waals surface area contributed by atoms with E-state index in [9.17, 15) is 9.59 Å². The largest absolute Gasteiger partial charge is 0.379 e. The molecule has 4 aliphatic rings. The summed E-state index contributed by atoms with van der Waals surface area (Å²) in [7, 11) is 11.6. The summed E-state index contributed by atoms with van der Waals surface area (Å²) in [5.74, 6) is 1.23. The Bertz CT molecular complexity index is 3720. The van der Waals surface area contributed by atoms with Gasteiger partial charge in [0.2, 0.25) is 0 Å². The van der Waals surface area contributed by atoms with E-state index in [4.69, 9.17) is 29.4 Å². The summed E-state index contributed by atoms with van der Waals surface area (Å²) in [6, 6.07) is 22.5. The number of nitrogens with one attached hydrogen (secondary N) is 3. The zero-order chi connectivity index (χ0) is 57.1. The second-order valence-electron chi connectivity index (χ2n) is 22.6. The van der Waals surface area contributed by atoms with Crippen molar-refractivity contribution in [2.45, 2.75) is 69.6 Å². The Morgan fingerprint density at radius 3 is 1.58 bits per heavy atom. The lowest BCUT2D eigenvalue weighted by atomic mass is 9.89. The Labute approximate surface area is 483 Å². The highest BCUT2D eigenvalue weighted by molar-refractivity contribution is 6.02. The smallest absolute Gasteiger partial charge is 0.257 e. The van der Waals surface area contributed by atoms with Crippen molar-refractivity contribution < 1.29 is 19.1 Å². The zero-order valence-corrected chi connectivity index (χ0v) is 48.5. The minimum absolute atomic E-state index is 0.00906. The highest BCUT2D eigenvalue weighted by atomic mass is 16.5. The first-order valence-electron chi connectivity index (χ1n) is 29.1. The number of likely N-dealkylation sites (N-methyl/N-ethyl adjacent to an activating group) is 2. The maximum atomic E-state index is 13.6. The number of carbonyl (C=O) groups is 2. The number of rotatable bonds is 18. The third-order valence-electron chi connectivity index (χ3n) is 17.3. The summed E-state index contributed by atoms with van der Waals surface area (Å²) in [6.45, 7) is 13.0. The normalized spacial score (nSPS) is 19.8. The molecule has 2 saturated heterocycles. The molecule has 2 aliphatic carbocycles. The van der Waals surface area contributed by atoms with Crippen molar-refractivity contribution in [3.63, 3.8) is 0 Å². The highest BCUT2D eigenvalue weighted by Crippen LogP contribution is 2.35. The first kappa shape index (κ1) is 55.7. The molecule has 0 bridgehead atoms. The van der Waals surface area contributed by atoms with Gasteiger partial charge in [-0.3, -0.25) is 19.4 Å². The molecule has 9 aromatic rings. The van der Waals surface area contributed by atoms with Crippen molar-refractivity contribution in [2.24, 2.45) is 0 Å². The van der Waals surface area contributed by atoms with Crippen LogP contribution in [-0.2, 0) is 29.1 Å². The minimum atomic E-state index is -0.186. The Balaban J connectivity index is 0.000000166. The molecule has 2 saturated carbocycles. The lowest BCUT2D eigenvalue weighted by Gasteiger charge is -2.35. The third-order valence-corrected chi connectivity index (χ3v) is 17.3. The van der Waals surface area contributed by atoms with Gasteiger partial charge in [-0.2, -0.15) is 19.2 Å². The summed E-state index contributed by atoms with van der Waals surface area (Å²) in [5.41, 5.74) is 8.50. The van der Waals surface area contributed by atoms with Gasteiger partial charge < -0.3 is 49.3 Å². The average Bonchev–Trinajstić information content (AvgIpc) is 2.53. The molecule has 434 valence electrons. The molecule has 4 atom stereocenters. The number of hydrogen-bond acceptors (Lipinski definition) is 16. The molecule has 2 amide bonds. The topological polar surface area (TPSA) is 201 Å². The fourth-order valence-corrected chi connectivity index (χ4v) is 11.9. The van der Waals surface area contributed by atoms with E-state index in [-0.39, 0.29) is 36.1 Å². The predicted octanol–water partition coefficient (Wildman–Crippen LogP) is 5.48. The number of ether oxygens (including phenoxy) is 2. The van der Waals surface area contributed by atoms with E-state index in [0.717, 1.165) is 160 Å². The number of anilines is 2. The number of benzene rings is 1. The minimum Gasteiger partial charge on any atom is -0.379 e. The molecule has 83 heavy (non-hydrogen) atoms. The first-order chi connectivity index (χ1) is 40.5. The van der Waals surface area contributed by atoms with Crippen LogP contribution in [0.15, 0.2) is 104 Å². The molecule has 4 fully saturated rings. The van der Waals surface area contributed by atoms with Gasteiger partial charge in [0.15, 0.2) is 11.3 Å². The molecule has 8 aromatic heterocycles. The molecule has 0 spiro atoms.